The molecule has 1 atom stereocenters. The first-order valence-corrected chi connectivity index (χ1v) is 3.78. The molecule has 0 aliphatic carbocycles. The second kappa shape index (κ2) is 6.22. The number of hydrogen-bond donors (Lipinski definition) is 2. The fraction of sp³-hybridized carbons (Fsp3) is 0.714. The van der Waals surface area contributed by atoms with Crippen LogP contribution < -0.4 is 29.6 Å². The van der Waals surface area contributed by atoms with E-state index in [-0.39, 0.29) is 44.0 Å². The maximum Gasteiger partial charge on any atom is 1.00 e. The van der Waals surface area contributed by atoms with E-state index in [1.807, 2.05) is 0 Å². The zero-order valence-electron chi connectivity index (χ0n) is 8.60. The van der Waals surface area contributed by atoms with E-state index < -0.39 is 12.0 Å². The van der Waals surface area contributed by atoms with Gasteiger partial charge in [-0.05, 0) is 0 Å². The quantitative estimate of drug-likeness (QED) is 0.361. The van der Waals surface area contributed by atoms with E-state index in [9.17, 15) is 4.79 Å². The number of rotatable bonds is 4. The van der Waals surface area contributed by atoms with Crippen molar-refractivity contribution in [3.05, 3.63) is 4.85 Å². The van der Waals surface area contributed by atoms with Gasteiger partial charge in [-0.1, -0.05) is 0 Å². The number of aliphatic hydroxyl groups is 1. The molecule has 0 bridgehead atoms. The average molecular weight is 195 g/mol. The molecule has 13 heavy (non-hydrogen) atoms. The Morgan fingerprint density at radius 2 is 2.46 bits per heavy atom. The normalized spacial score (nSPS) is 15.6. The summed E-state index contributed by atoms with van der Waals surface area (Å²) in [7, 11) is 0. The first-order chi connectivity index (χ1) is 5.75. The summed E-state index contributed by atoms with van der Waals surface area (Å²) >= 11 is 0. The molecule has 2 N–H and O–H groups in total. The van der Waals surface area contributed by atoms with Gasteiger partial charge >= 0.3 is 41.7 Å². The van der Waals surface area contributed by atoms with Gasteiger partial charge in [0.1, 0.15) is 6.54 Å². The Labute approximate surface area is 99.9 Å². The molecule has 0 saturated heterocycles. The van der Waals surface area contributed by atoms with Crippen molar-refractivity contribution >= 4 is 5.97 Å². The maximum absolute atomic E-state index is 10.6. The smallest absolute Gasteiger partial charge is 1.00 e. The summed E-state index contributed by atoms with van der Waals surface area (Å²) in [5.41, 5.74) is 0. The van der Waals surface area contributed by atoms with Crippen LogP contribution in [0.25, 0.3) is 4.85 Å². The van der Waals surface area contributed by atoms with Crippen molar-refractivity contribution in [3.63, 3.8) is 0 Å². The molecule has 0 aromatic rings. The molecule has 1 rings (SSSR count). The molecular formula is C7H12N2NaO3+. The van der Waals surface area contributed by atoms with E-state index in [0.717, 1.165) is 0 Å². The first-order valence-electron chi connectivity index (χ1n) is 3.78. The summed E-state index contributed by atoms with van der Waals surface area (Å²) < 4.78 is 0. The van der Waals surface area contributed by atoms with Crippen molar-refractivity contribution in [2.45, 2.75) is 12.5 Å². The molecule has 0 aromatic heterocycles. The summed E-state index contributed by atoms with van der Waals surface area (Å²) in [6.45, 7) is 1.04. The van der Waals surface area contributed by atoms with Crippen LogP contribution in [0, 0.1) is 6.19 Å². The maximum atomic E-state index is 10.6. The standard InChI is InChI=1S/C7H10N2O3.Na.H/c10-4-1-6(7(11)12)9-3-2-8-5-9;;/h6,10H,1-4H2;;/q;+1;-1/p+1. The molecule has 0 fully saturated rings. The second-order valence-electron chi connectivity index (χ2n) is 2.54. The Hall–Kier alpha value is -0.280. The van der Waals surface area contributed by atoms with Crippen LogP contribution in [0.5, 0.6) is 0 Å². The topological polar surface area (TPSA) is 65.1 Å². The van der Waals surface area contributed by atoms with Gasteiger partial charge in [0.15, 0.2) is 0 Å². The van der Waals surface area contributed by atoms with Crippen molar-refractivity contribution < 1.29 is 46.0 Å². The number of carboxylic acid groups (broad SMARTS) is 1. The minimum Gasteiger partial charge on any atom is -1.00 e. The number of hydrogen-bond acceptors (Lipinski definition) is 3. The number of aliphatic hydroxyl groups excluding tert-OH is 1. The van der Waals surface area contributed by atoms with Gasteiger partial charge in [0.2, 0.25) is 12.6 Å². The zero-order valence-corrected chi connectivity index (χ0v) is 9.60. The summed E-state index contributed by atoms with van der Waals surface area (Å²) in [4.78, 5) is 15.9. The molecule has 1 heterocycles. The first kappa shape index (κ1) is 12.7. The number of carboxylic acids is 1. The molecule has 68 valence electrons. The van der Waals surface area contributed by atoms with Crippen LogP contribution in [0.2, 0.25) is 0 Å². The van der Waals surface area contributed by atoms with Crippen LogP contribution in [0.1, 0.15) is 7.85 Å². The molecule has 0 aromatic carbocycles. The van der Waals surface area contributed by atoms with Crippen LogP contribution in [-0.4, -0.2) is 46.8 Å². The molecule has 0 amide bonds. The third kappa shape index (κ3) is 3.53. The molecule has 1 unspecified atom stereocenters. The monoisotopic (exact) mass is 195 g/mol. The minimum atomic E-state index is -0.936. The predicted molar refractivity (Wildman–Crippen MR) is 43.1 cm³/mol. The molecule has 1 aliphatic heterocycles. The van der Waals surface area contributed by atoms with Crippen molar-refractivity contribution in [2.75, 3.05) is 19.7 Å². The molecule has 0 radical (unpaired) electrons. The van der Waals surface area contributed by atoms with Crippen LogP contribution in [0.4, 0.5) is 0 Å². The molecule has 5 nitrogen and oxygen atoms in total. The Morgan fingerprint density at radius 3 is 2.85 bits per heavy atom. The summed E-state index contributed by atoms with van der Waals surface area (Å²) in [6, 6.07) is -0.679. The van der Waals surface area contributed by atoms with Gasteiger partial charge in [0.25, 0.3) is 0 Å². The van der Waals surface area contributed by atoms with Crippen LogP contribution in [0.3, 0.4) is 0 Å². The van der Waals surface area contributed by atoms with Crippen molar-refractivity contribution in [3.8, 4) is 6.19 Å². The van der Waals surface area contributed by atoms with Crippen molar-refractivity contribution in [1.29, 1.82) is 0 Å². The number of nitrogens with zero attached hydrogens (tertiary/aromatic N) is 2. The number of aliphatic carboxylic acids is 1. The summed E-state index contributed by atoms with van der Waals surface area (Å²) in [5.74, 6) is -0.936. The molecule has 0 spiro atoms. The second-order valence-corrected chi connectivity index (χ2v) is 2.54. The average Bonchev–Trinajstić information content (AvgIpc) is 2.51. The van der Waals surface area contributed by atoms with E-state index in [4.69, 9.17) is 10.2 Å². The third-order valence-corrected chi connectivity index (χ3v) is 1.72. The van der Waals surface area contributed by atoms with Gasteiger partial charge in [0.05, 0.1) is 0 Å². The largest absolute Gasteiger partial charge is 1.00 e. The van der Waals surface area contributed by atoms with Gasteiger partial charge in [0, 0.05) is 13.0 Å². The van der Waals surface area contributed by atoms with Crippen molar-refractivity contribution in [1.82, 2.24) is 4.90 Å². The molecular weight excluding hydrogens is 183 g/mol. The van der Waals surface area contributed by atoms with E-state index in [0.29, 0.717) is 13.1 Å². The Balaban J connectivity index is 0. The van der Waals surface area contributed by atoms with Gasteiger partial charge in [-0.2, -0.15) is 9.74 Å². The van der Waals surface area contributed by atoms with Gasteiger partial charge in [-0.15, -0.1) is 0 Å². The van der Waals surface area contributed by atoms with Gasteiger partial charge < -0.3 is 11.6 Å². The minimum absolute atomic E-state index is 0. The van der Waals surface area contributed by atoms with E-state index >= 15 is 0 Å². The SMILES string of the molecule is O=C(O)C(CCO)N1C#[N+]CC1.[H-].[Na+]. The number of carbonyl (C=O) groups is 1. The third-order valence-electron chi connectivity index (χ3n) is 1.72. The Kier molecular flexibility index (Phi) is 6.08. The Bertz CT molecular complexity index is 241. The molecule has 6 heteroatoms. The summed E-state index contributed by atoms with van der Waals surface area (Å²) in [6.07, 6.45) is 2.81. The van der Waals surface area contributed by atoms with Crippen molar-refractivity contribution in [2.24, 2.45) is 0 Å². The molecule has 0 saturated carbocycles. The fourth-order valence-corrected chi connectivity index (χ4v) is 1.11. The van der Waals surface area contributed by atoms with E-state index in [1.165, 1.54) is 4.90 Å². The van der Waals surface area contributed by atoms with E-state index in [2.05, 4.69) is 11.0 Å². The van der Waals surface area contributed by atoms with Crippen LogP contribution in [-0.2, 0) is 4.79 Å². The van der Waals surface area contributed by atoms with Crippen LogP contribution >= 0.6 is 0 Å². The Morgan fingerprint density at radius 1 is 1.77 bits per heavy atom. The summed E-state index contributed by atoms with van der Waals surface area (Å²) in [5, 5.41) is 17.3. The molecule has 1 aliphatic rings. The fourth-order valence-electron chi connectivity index (χ4n) is 1.11. The van der Waals surface area contributed by atoms with Gasteiger partial charge in [-0.3, -0.25) is 0 Å². The van der Waals surface area contributed by atoms with Gasteiger partial charge in [-0.25, -0.2) is 4.79 Å². The predicted octanol–water partition coefficient (Wildman–Crippen LogP) is -3.46. The zero-order chi connectivity index (χ0) is 8.97. The van der Waals surface area contributed by atoms with E-state index in [1.54, 1.807) is 0 Å². The van der Waals surface area contributed by atoms with Crippen LogP contribution in [0.15, 0.2) is 0 Å².